The van der Waals surface area contributed by atoms with Crippen LogP contribution in [0.25, 0.3) is 0 Å². The van der Waals surface area contributed by atoms with Gasteiger partial charge in [0.05, 0.1) is 25.2 Å². The summed E-state index contributed by atoms with van der Waals surface area (Å²) in [5, 5.41) is 13.6. The third kappa shape index (κ3) is 3.32. The number of amides is 1. The summed E-state index contributed by atoms with van der Waals surface area (Å²) < 4.78 is 9.95. The van der Waals surface area contributed by atoms with Crippen LogP contribution in [0.2, 0.25) is 0 Å². The maximum absolute atomic E-state index is 12.1. The molecule has 7 nitrogen and oxygen atoms in total. The van der Waals surface area contributed by atoms with E-state index in [1.807, 2.05) is 0 Å². The SMILES string of the molecule is COc1ccc(C(=O)Nc2ccc(OC)cc2[N+](=O)[O-])cc1. The van der Waals surface area contributed by atoms with E-state index in [4.69, 9.17) is 9.47 Å². The number of hydrogen-bond donors (Lipinski definition) is 1. The van der Waals surface area contributed by atoms with Crippen molar-refractivity contribution in [1.82, 2.24) is 0 Å². The van der Waals surface area contributed by atoms with Crippen LogP contribution in [0, 0.1) is 10.1 Å². The Bertz CT molecular complexity index is 698. The van der Waals surface area contributed by atoms with Gasteiger partial charge in [-0.05, 0) is 36.4 Å². The summed E-state index contributed by atoms with van der Waals surface area (Å²) >= 11 is 0. The fourth-order valence-electron chi connectivity index (χ4n) is 1.83. The van der Waals surface area contributed by atoms with Gasteiger partial charge in [0.2, 0.25) is 0 Å². The highest BCUT2D eigenvalue weighted by molar-refractivity contribution is 6.05. The van der Waals surface area contributed by atoms with Crippen molar-refractivity contribution in [2.45, 2.75) is 0 Å². The largest absolute Gasteiger partial charge is 0.497 e. The molecule has 2 rings (SSSR count). The predicted molar refractivity (Wildman–Crippen MR) is 80.6 cm³/mol. The van der Waals surface area contributed by atoms with E-state index >= 15 is 0 Å². The molecule has 0 spiro atoms. The molecular weight excluding hydrogens is 288 g/mol. The molecular formula is C15H14N2O5. The number of nitro benzene ring substituents is 1. The summed E-state index contributed by atoms with van der Waals surface area (Å²) in [7, 11) is 2.93. The standard InChI is InChI=1S/C15H14N2O5/c1-21-11-5-3-10(4-6-11)15(18)16-13-8-7-12(22-2)9-14(13)17(19)20/h3-9H,1-2H3,(H,16,18). The molecule has 0 bridgehead atoms. The quantitative estimate of drug-likeness (QED) is 0.677. The first-order valence-corrected chi connectivity index (χ1v) is 6.33. The zero-order valence-electron chi connectivity index (χ0n) is 12.0. The molecule has 0 saturated heterocycles. The van der Waals surface area contributed by atoms with Crippen LogP contribution in [0.4, 0.5) is 11.4 Å². The number of nitrogens with zero attached hydrogens (tertiary/aromatic N) is 1. The molecule has 0 aliphatic heterocycles. The highest BCUT2D eigenvalue weighted by Crippen LogP contribution is 2.29. The lowest BCUT2D eigenvalue weighted by molar-refractivity contribution is -0.384. The monoisotopic (exact) mass is 302 g/mol. The van der Waals surface area contributed by atoms with Crippen LogP contribution in [0.3, 0.4) is 0 Å². The van der Waals surface area contributed by atoms with Gasteiger partial charge in [-0.25, -0.2) is 0 Å². The smallest absolute Gasteiger partial charge is 0.296 e. The number of rotatable bonds is 5. The van der Waals surface area contributed by atoms with Gasteiger partial charge in [0.25, 0.3) is 11.6 Å². The molecule has 22 heavy (non-hydrogen) atoms. The number of nitrogens with one attached hydrogen (secondary N) is 1. The Balaban J connectivity index is 2.25. The van der Waals surface area contributed by atoms with Crippen molar-refractivity contribution in [2.75, 3.05) is 19.5 Å². The summed E-state index contributed by atoms with van der Waals surface area (Å²) in [5.74, 6) is 0.511. The summed E-state index contributed by atoms with van der Waals surface area (Å²) in [6.45, 7) is 0. The van der Waals surface area contributed by atoms with Gasteiger partial charge in [-0.2, -0.15) is 0 Å². The van der Waals surface area contributed by atoms with Crippen molar-refractivity contribution >= 4 is 17.3 Å². The number of ether oxygens (including phenoxy) is 2. The minimum absolute atomic E-state index is 0.103. The van der Waals surface area contributed by atoms with Crippen LogP contribution in [0.1, 0.15) is 10.4 Å². The second-order valence-corrected chi connectivity index (χ2v) is 4.32. The molecule has 0 fully saturated rings. The number of nitro groups is 1. The zero-order valence-corrected chi connectivity index (χ0v) is 12.0. The average Bonchev–Trinajstić information content (AvgIpc) is 2.55. The first-order valence-electron chi connectivity index (χ1n) is 6.33. The zero-order chi connectivity index (χ0) is 16.1. The van der Waals surface area contributed by atoms with Gasteiger partial charge < -0.3 is 14.8 Å². The lowest BCUT2D eigenvalue weighted by Gasteiger charge is -2.08. The fraction of sp³-hybridized carbons (Fsp3) is 0.133. The predicted octanol–water partition coefficient (Wildman–Crippen LogP) is 2.86. The Morgan fingerprint density at radius 2 is 1.64 bits per heavy atom. The van der Waals surface area contributed by atoms with Crippen molar-refractivity contribution in [3.63, 3.8) is 0 Å². The molecule has 1 N–H and O–H groups in total. The summed E-state index contributed by atoms with van der Waals surface area (Å²) in [6, 6.07) is 10.6. The molecule has 0 aromatic heterocycles. The summed E-state index contributed by atoms with van der Waals surface area (Å²) in [6.07, 6.45) is 0. The van der Waals surface area contributed by atoms with E-state index in [9.17, 15) is 14.9 Å². The number of hydrogen-bond acceptors (Lipinski definition) is 5. The minimum Gasteiger partial charge on any atom is -0.497 e. The van der Waals surface area contributed by atoms with Crippen LogP contribution >= 0.6 is 0 Å². The normalized spacial score (nSPS) is 9.91. The highest BCUT2D eigenvalue weighted by Gasteiger charge is 2.17. The van der Waals surface area contributed by atoms with Crippen LogP contribution < -0.4 is 14.8 Å². The molecule has 2 aromatic carbocycles. The Labute approximate surface area is 126 Å². The van der Waals surface area contributed by atoms with E-state index in [-0.39, 0.29) is 11.4 Å². The topological polar surface area (TPSA) is 90.7 Å². The van der Waals surface area contributed by atoms with Gasteiger partial charge in [0.15, 0.2) is 0 Å². The highest BCUT2D eigenvalue weighted by atomic mass is 16.6. The number of carbonyl (C=O) groups is 1. The van der Waals surface area contributed by atoms with Crippen LogP contribution in [0.5, 0.6) is 11.5 Å². The third-order valence-electron chi connectivity index (χ3n) is 3.00. The molecule has 1 amide bonds. The van der Waals surface area contributed by atoms with E-state index in [0.717, 1.165) is 0 Å². The van der Waals surface area contributed by atoms with Gasteiger partial charge in [0.1, 0.15) is 17.2 Å². The maximum Gasteiger partial charge on any atom is 0.296 e. The molecule has 114 valence electrons. The summed E-state index contributed by atoms with van der Waals surface area (Å²) in [5.41, 5.74) is 0.235. The van der Waals surface area contributed by atoms with Gasteiger partial charge in [0, 0.05) is 5.56 Å². The molecule has 0 saturated carbocycles. The molecule has 7 heteroatoms. The van der Waals surface area contributed by atoms with Gasteiger partial charge >= 0.3 is 0 Å². The van der Waals surface area contributed by atoms with Crippen LogP contribution in [-0.2, 0) is 0 Å². The number of anilines is 1. The molecule has 0 radical (unpaired) electrons. The van der Waals surface area contributed by atoms with Crippen LogP contribution in [0.15, 0.2) is 42.5 Å². The van der Waals surface area contributed by atoms with Crippen LogP contribution in [-0.4, -0.2) is 25.1 Å². The number of benzene rings is 2. The minimum atomic E-state index is -0.577. The van der Waals surface area contributed by atoms with Crippen molar-refractivity contribution in [1.29, 1.82) is 0 Å². The molecule has 0 atom stereocenters. The second kappa shape index (κ2) is 6.57. The lowest BCUT2D eigenvalue weighted by Crippen LogP contribution is -2.13. The Morgan fingerprint density at radius 3 is 2.18 bits per heavy atom. The first-order chi connectivity index (χ1) is 10.5. The van der Waals surface area contributed by atoms with E-state index in [1.165, 1.54) is 32.4 Å². The molecule has 0 aliphatic carbocycles. The number of methoxy groups -OCH3 is 2. The average molecular weight is 302 g/mol. The second-order valence-electron chi connectivity index (χ2n) is 4.32. The maximum atomic E-state index is 12.1. The Hall–Kier alpha value is -3.09. The Kier molecular flexibility index (Phi) is 4.57. The van der Waals surface area contributed by atoms with Crippen molar-refractivity contribution in [3.05, 3.63) is 58.1 Å². The third-order valence-corrected chi connectivity index (χ3v) is 3.00. The molecule has 0 heterocycles. The van der Waals surface area contributed by atoms with E-state index in [2.05, 4.69) is 5.32 Å². The van der Waals surface area contributed by atoms with Crippen molar-refractivity contribution in [2.24, 2.45) is 0 Å². The van der Waals surface area contributed by atoms with Crippen molar-refractivity contribution < 1.29 is 19.2 Å². The molecule has 0 aliphatic rings. The lowest BCUT2D eigenvalue weighted by atomic mass is 10.2. The van der Waals surface area contributed by atoms with Gasteiger partial charge in [-0.3, -0.25) is 14.9 Å². The first kappa shape index (κ1) is 15.3. The fourth-order valence-corrected chi connectivity index (χ4v) is 1.83. The summed E-state index contributed by atoms with van der Waals surface area (Å²) in [4.78, 5) is 22.6. The molecule has 2 aromatic rings. The molecule has 0 unspecified atom stereocenters. The Morgan fingerprint density at radius 1 is 1.05 bits per heavy atom. The van der Waals surface area contributed by atoms with E-state index < -0.39 is 10.8 Å². The van der Waals surface area contributed by atoms with Gasteiger partial charge in [-0.15, -0.1) is 0 Å². The van der Waals surface area contributed by atoms with Gasteiger partial charge in [-0.1, -0.05) is 0 Å². The van der Waals surface area contributed by atoms with Crippen molar-refractivity contribution in [3.8, 4) is 11.5 Å². The van der Waals surface area contributed by atoms with E-state index in [0.29, 0.717) is 17.1 Å². The van der Waals surface area contributed by atoms with E-state index in [1.54, 1.807) is 24.3 Å². The number of carbonyl (C=O) groups excluding carboxylic acids is 1.